The number of pyridine rings is 1. The number of rotatable bonds is 6. The molecule has 1 aromatic heterocycles. The Bertz CT molecular complexity index is 1410. The fourth-order valence-electron chi connectivity index (χ4n) is 3.15. The van der Waals surface area contributed by atoms with Crippen LogP contribution in [0.4, 0.5) is 15.8 Å². The Morgan fingerprint density at radius 2 is 1.69 bits per heavy atom. The van der Waals surface area contributed by atoms with E-state index in [2.05, 4.69) is 15.0 Å². The molecule has 32 heavy (non-hydrogen) atoms. The lowest BCUT2D eigenvalue weighted by Gasteiger charge is -2.12. The standard InChI is InChI=1S/C23H18FN3O4S/c1-31-21-13-12-19(17-5-4-14-25-22(17)21)26-23(28)15-8-10-16(11-9-15)32(29,30)27-20-7-3-2-6-18(20)24/h2-14,27H,1H3,(H,26,28). The molecule has 7 nitrogen and oxygen atoms in total. The molecule has 162 valence electrons. The summed E-state index contributed by atoms with van der Waals surface area (Å²) >= 11 is 0. The van der Waals surface area contributed by atoms with Crippen LogP contribution in [0.3, 0.4) is 0 Å². The van der Waals surface area contributed by atoms with Gasteiger partial charge in [-0.25, -0.2) is 12.8 Å². The van der Waals surface area contributed by atoms with Crippen molar-refractivity contribution in [2.45, 2.75) is 4.90 Å². The van der Waals surface area contributed by atoms with Gasteiger partial charge in [0, 0.05) is 17.1 Å². The molecular weight excluding hydrogens is 433 g/mol. The lowest BCUT2D eigenvalue weighted by molar-refractivity contribution is 0.102. The molecule has 0 saturated carbocycles. The van der Waals surface area contributed by atoms with E-state index in [1.54, 1.807) is 31.5 Å². The number of carbonyl (C=O) groups excluding carboxylic acids is 1. The summed E-state index contributed by atoms with van der Waals surface area (Å²) in [4.78, 5) is 16.9. The van der Waals surface area contributed by atoms with Gasteiger partial charge in [0.2, 0.25) is 0 Å². The van der Waals surface area contributed by atoms with Gasteiger partial charge in [0.15, 0.2) is 0 Å². The van der Waals surface area contributed by atoms with Crippen LogP contribution < -0.4 is 14.8 Å². The largest absolute Gasteiger partial charge is 0.494 e. The number of ether oxygens (including phenoxy) is 1. The number of hydrogen-bond donors (Lipinski definition) is 2. The average molecular weight is 451 g/mol. The number of carbonyl (C=O) groups is 1. The number of anilines is 2. The molecule has 0 saturated heterocycles. The monoisotopic (exact) mass is 451 g/mol. The van der Waals surface area contributed by atoms with Gasteiger partial charge in [-0.05, 0) is 60.7 Å². The minimum Gasteiger partial charge on any atom is -0.494 e. The fourth-order valence-corrected chi connectivity index (χ4v) is 4.22. The lowest BCUT2D eigenvalue weighted by atomic mass is 10.1. The summed E-state index contributed by atoms with van der Waals surface area (Å²) in [7, 11) is -2.48. The van der Waals surface area contributed by atoms with E-state index >= 15 is 0 Å². The number of amides is 1. The van der Waals surface area contributed by atoms with E-state index in [1.807, 2.05) is 6.07 Å². The molecule has 0 aliphatic carbocycles. The highest BCUT2D eigenvalue weighted by molar-refractivity contribution is 7.92. The number of para-hydroxylation sites is 1. The van der Waals surface area contributed by atoms with Gasteiger partial charge in [-0.15, -0.1) is 0 Å². The first-order valence-electron chi connectivity index (χ1n) is 9.49. The molecule has 0 spiro atoms. The van der Waals surface area contributed by atoms with Crippen LogP contribution >= 0.6 is 0 Å². The Morgan fingerprint density at radius 1 is 0.938 bits per heavy atom. The van der Waals surface area contributed by atoms with E-state index in [4.69, 9.17) is 4.74 Å². The molecule has 0 fully saturated rings. The van der Waals surface area contributed by atoms with Crippen LogP contribution in [-0.4, -0.2) is 26.4 Å². The van der Waals surface area contributed by atoms with Crippen molar-refractivity contribution in [3.05, 3.63) is 90.4 Å². The van der Waals surface area contributed by atoms with Crippen LogP contribution in [0, 0.1) is 5.82 Å². The first-order chi connectivity index (χ1) is 15.4. The van der Waals surface area contributed by atoms with E-state index in [9.17, 15) is 17.6 Å². The summed E-state index contributed by atoms with van der Waals surface area (Å²) in [6.45, 7) is 0. The highest BCUT2D eigenvalue weighted by Gasteiger charge is 2.17. The average Bonchev–Trinajstić information content (AvgIpc) is 2.81. The number of nitrogens with one attached hydrogen (secondary N) is 2. The minimum absolute atomic E-state index is 0.101. The Balaban J connectivity index is 1.55. The molecule has 0 unspecified atom stereocenters. The topological polar surface area (TPSA) is 97.4 Å². The van der Waals surface area contributed by atoms with Gasteiger partial charge in [0.25, 0.3) is 15.9 Å². The van der Waals surface area contributed by atoms with Gasteiger partial charge < -0.3 is 10.1 Å². The smallest absolute Gasteiger partial charge is 0.261 e. The lowest BCUT2D eigenvalue weighted by Crippen LogP contribution is -2.15. The second-order valence-corrected chi connectivity index (χ2v) is 8.46. The molecule has 2 N–H and O–H groups in total. The fraction of sp³-hybridized carbons (Fsp3) is 0.0435. The molecule has 3 aromatic carbocycles. The molecule has 1 amide bonds. The van der Waals surface area contributed by atoms with E-state index in [1.165, 1.54) is 42.5 Å². The molecule has 0 aliphatic rings. The highest BCUT2D eigenvalue weighted by atomic mass is 32.2. The molecule has 9 heteroatoms. The maximum Gasteiger partial charge on any atom is 0.261 e. The van der Waals surface area contributed by atoms with Gasteiger partial charge in [0.05, 0.1) is 23.4 Å². The molecule has 4 rings (SSSR count). The van der Waals surface area contributed by atoms with Crippen LogP contribution in [0.15, 0.2) is 83.9 Å². The molecule has 0 bridgehead atoms. The molecule has 0 atom stereocenters. The quantitative estimate of drug-likeness (QED) is 0.452. The van der Waals surface area contributed by atoms with Crippen LogP contribution in [-0.2, 0) is 10.0 Å². The van der Waals surface area contributed by atoms with Crippen LogP contribution in [0.2, 0.25) is 0 Å². The third-order valence-electron chi connectivity index (χ3n) is 4.75. The number of halogens is 1. The number of fused-ring (bicyclic) bond motifs is 1. The molecule has 0 aliphatic heterocycles. The Kier molecular flexibility index (Phi) is 5.74. The summed E-state index contributed by atoms with van der Waals surface area (Å²) in [5.41, 5.74) is 1.24. The molecule has 1 heterocycles. The summed E-state index contributed by atoms with van der Waals surface area (Å²) in [5, 5.41) is 3.51. The molecule has 0 radical (unpaired) electrons. The third-order valence-corrected chi connectivity index (χ3v) is 6.13. The third kappa shape index (κ3) is 4.23. The van der Waals surface area contributed by atoms with Gasteiger partial charge in [-0.3, -0.25) is 14.5 Å². The number of hydrogen-bond acceptors (Lipinski definition) is 5. The van der Waals surface area contributed by atoms with Gasteiger partial charge >= 0.3 is 0 Å². The minimum atomic E-state index is -4.02. The Hall–Kier alpha value is -3.98. The van der Waals surface area contributed by atoms with E-state index in [0.29, 0.717) is 22.3 Å². The second kappa shape index (κ2) is 8.64. The zero-order valence-electron chi connectivity index (χ0n) is 16.9. The summed E-state index contributed by atoms with van der Waals surface area (Å²) in [6, 6.07) is 17.8. The maximum absolute atomic E-state index is 13.8. The predicted octanol–water partition coefficient (Wildman–Crippen LogP) is 4.44. The SMILES string of the molecule is COc1ccc(NC(=O)c2ccc(S(=O)(=O)Nc3ccccc3F)cc2)c2cccnc12. The van der Waals surface area contributed by atoms with E-state index in [0.717, 1.165) is 6.07 Å². The Morgan fingerprint density at radius 3 is 2.41 bits per heavy atom. The first-order valence-corrected chi connectivity index (χ1v) is 11.0. The van der Waals surface area contributed by atoms with Crippen LogP contribution in [0.1, 0.15) is 10.4 Å². The van der Waals surface area contributed by atoms with Crippen molar-refractivity contribution in [2.24, 2.45) is 0 Å². The van der Waals surface area contributed by atoms with Crippen molar-refractivity contribution in [1.29, 1.82) is 0 Å². The molecule has 4 aromatic rings. The zero-order chi connectivity index (χ0) is 22.7. The number of nitrogens with zero attached hydrogens (tertiary/aromatic N) is 1. The van der Waals surface area contributed by atoms with Crippen molar-refractivity contribution in [3.8, 4) is 5.75 Å². The van der Waals surface area contributed by atoms with E-state index < -0.39 is 21.7 Å². The summed E-state index contributed by atoms with van der Waals surface area (Å²) < 4.78 is 46.4. The van der Waals surface area contributed by atoms with Crippen molar-refractivity contribution in [3.63, 3.8) is 0 Å². The Labute approximate surface area is 183 Å². The molecular formula is C23H18FN3O4S. The highest BCUT2D eigenvalue weighted by Crippen LogP contribution is 2.30. The van der Waals surface area contributed by atoms with Crippen molar-refractivity contribution in [2.75, 3.05) is 17.1 Å². The van der Waals surface area contributed by atoms with Crippen LogP contribution in [0.25, 0.3) is 10.9 Å². The van der Waals surface area contributed by atoms with Crippen LogP contribution in [0.5, 0.6) is 5.75 Å². The number of methoxy groups -OCH3 is 1. The van der Waals surface area contributed by atoms with Crippen molar-refractivity contribution < 1.29 is 22.3 Å². The normalized spacial score (nSPS) is 11.2. The van der Waals surface area contributed by atoms with Crippen molar-refractivity contribution in [1.82, 2.24) is 4.98 Å². The van der Waals surface area contributed by atoms with Gasteiger partial charge in [-0.1, -0.05) is 12.1 Å². The number of aromatic nitrogens is 1. The second-order valence-electron chi connectivity index (χ2n) is 6.78. The van der Waals surface area contributed by atoms with Crippen molar-refractivity contribution >= 4 is 38.2 Å². The zero-order valence-corrected chi connectivity index (χ0v) is 17.7. The maximum atomic E-state index is 13.8. The van der Waals surface area contributed by atoms with Gasteiger partial charge in [-0.2, -0.15) is 0 Å². The predicted molar refractivity (Wildman–Crippen MR) is 120 cm³/mol. The number of sulfonamides is 1. The summed E-state index contributed by atoms with van der Waals surface area (Å²) in [5.74, 6) is -0.532. The van der Waals surface area contributed by atoms with E-state index in [-0.39, 0.29) is 16.1 Å². The van der Waals surface area contributed by atoms with Gasteiger partial charge in [0.1, 0.15) is 17.1 Å². The number of benzene rings is 3. The summed E-state index contributed by atoms with van der Waals surface area (Å²) in [6.07, 6.45) is 1.63. The first kappa shape index (κ1) is 21.3.